The molecule has 0 bridgehead atoms. The number of nitrogens with one attached hydrogen (secondary N) is 1. The van der Waals surface area contributed by atoms with Gasteiger partial charge in [0.25, 0.3) is 0 Å². The zero-order chi connectivity index (χ0) is 23.0. The molecule has 0 spiro atoms. The highest BCUT2D eigenvalue weighted by Gasteiger charge is 2.27. The molecule has 1 N–H and O–H groups in total. The molecule has 0 aromatic heterocycles. The fourth-order valence-corrected chi connectivity index (χ4v) is 3.03. The Balaban J connectivity index is 1.91. The molecule has 1 aliphatic rings. The third-order valence-corrected chi connectivity index (χ3v) is 4.67. The Bertz CT molecular complexity index is 811. The topological polar surface area (TPSA) is 88.2 Å². The van der Waals surface area contributed by atoms with Gasteiger partial charge in [0.1, 0.15) is 0 Å². The second kappa shape index (κ2) is 11.4. The van der Waals surface area contributed by atoms with E-state index in [0.717, 1.165) is 5.56 Å². The average Bonchev–Trinajstić information content (AvgIpc) is 2.75. The first-order valence-corrected chi connectivity index (χ1v) is 10.6. The van der Waals surface area contributed by atoms with Gasteiger partial charge in [-0.15, -0.1) is 0 Å². The smallest absolute Gasteiger partial charge is 0.312 e. The minimum Gasteiger partial charge on any atom is -0.493 e. The number of benzene rings is 1. The van der Waals surface area contributed by atoms with E-state index in [1.165, 1.54) is 11.0 Å². The third-order valence-electron chi connectivity index (χ3n) is 4.67. The van der Waals surface area contributed by atoms with Crippen molar-refractivity contribution in [3.05, 3.63) is 29.8 Å². The predicted molar refractivity (Wildman–Crippen MR) is 119 cm³/mol. The van der Waals surface area contributed by atoms with Gasteiger partial charge in [-0.25, -0.2) is 0 Å². The number of piperazine rings is 1. The van der Waals surface area contributed by atoms with Crippen molar-refractivity contribution in [2.24, 2.45) is 5.92 Å². The fourth-order valence-electron chi connectivity index (χ4n) is 3.03. The molecule has 8 nitrogen and oxygen atoms in total. The normalized spacial score (nSPS) is 14.3. The average molecular weight is 432 g/mol. The van der Waals surface area contributed by atoms with Crippen LogP contribution in [0.15, 0.2) is 24.3 Å². The summed E-state index contributed by atoms with van der Waals surface area (Å²) in [6.07, 6.45) is 3.23. The van der Waals surface area contributed by atoms with Gasteiger partial charge in [0.05, 0.1) is 13.7 Å². The second-order valence-corrected chi connectivity index (χ2v) is 8.19. The van der Waals surface area contributed by atoms with Crippen LogP contribution in [0.1, 0.15) is 33.3 Å². The summed E-state index contributed by atoms with van der Waals surface area (Å²) in [5.41, 5.74) is 0.821. The van der Waals surface area contributed by atoms with Gasteiger partial charge in [0, 0.05) is 38.3 Å². The number of carbonyl (C=O) groups excluding carboxylic acids is 3. The van der Waals surface area contributed by atoms with Crippen LogP contribution in [0.2, 0.25) is 0 Å². The lowest BCUT2D eigenvalue weighted by atomic mass is 10.1. The van der Waals surface area contributed by atoms with Gasteiger partial charge in [0.2, 0.25) is 5.91 Å². The van der Waals surface area contributed by atoms with Gasteiger partial charge in [-0.1, -0.05) is 19.9 Å². The summed E-state index contributed by atoms with van der Waals surface area (Å²) in [7, 11) is 1.58. The first-order chi connectivity index (χ1) is 14.7. The second-order valence-electron chi connectivity index (χ2n) is 8.19. The first kappa shape index (κ1) is 24.2. The van der Waals surface area contributed by atoms with E-state index in [9.17, 15) is 14.4 Å². The number of amides is 3. The fraction of sp³-hybridized carbons (Fsp3) is 0.522. The molecule has 0 radical (unpaired) electrons. The molecule has 1 heterocycles. The molecule has 0 aliphatic carbocycles. The lowest BCUT2D eigenvalue weighted by Crippen LogP contribution is -2.54. The van der Waals surface area contributed by atoms with Gasteiger partial charge in [-0.2, -0.15) is 0 Å². The Kier molecular flexibility index (Phi) is 8.90. The first-order valence-electron chi connectivity index (χ1n) is 10.6. The summed E-state index contributed by atoms with van der Waals surface area (Å²) in [6.45, 7) is 9.78. The van der Waals surface area contributed by atoms with E-state index in [1.807, 2.05) is 18.2 Å². The molecule has 1 fully saturated rings. The summed E-state index contributed by atoms with van der Waals surface area (Å²) < 4.78 is 11.1. The number of hydrogen-bond acceptors (Lipinski definition) is 5. The number of nitrogens with zero attached hydrogens (tertiary/aromatic N) is 2. The standard InChI is InChI=1S/C23H33N3O5/c1-16(2)15-31-19-8-6-18(14-20(19)30-5)7-9-21(27)25-10-12-26(13-11-25)23(29)22(28)24-17(3)4/h6-9,14,16-17H,10-13,15H2,1-5H3,(H,24,28). The van der Waals surface area contributed by atoms with Crippen LogP contribution in [0, 0.1) is 5.92 Å². The van der Waals surface area contributed by atoms with Crippen molar-refractivity contribution in [3.8, 4) is 11.5 Å². The molecule has 0 unspecified atom stereocenters. The Morgan fingerprint density at radius 3 is 2.26 bits per heavy atom. The van der Waals surface area contributed by atoms with E-state index in [1.54, 1.807) is 31.9 Å². The van der Waals surface area contributed by atoms with E-state index < -0.39 is 11.8 Å². The maximum absolute atomic E-state index is 12.5. The summed E-state index contributed by atoms with van der Waals surface area (Å²) in [4.78, 5) is 39.7. The molecule has 3 amide bonds. The number of rotatable bonds is 7. The minimum absolute atomic E-state index is 0.0982. The quantitative estimate of drug-likeness (QED) is 0.527. The summed E-state index contributed by atoms with van der Waals surface area (Å²) in [6, 6.07) is 5.42. The van der Waals surface area contributed by atoms with Gasteiger partial charge in [-0.05, 0) is 43.5 Å². The van der Waals surface area contributed by atoms with Crippen LogP contribution in [-0.4, -0.2) is 73.5 Å². The highest BCUT2D eigenvalue weighted by Crippen LogP contribution is 2.29. The predicted octanol–water partition coefficient (Wildman–Crippen LogP) is 1.94. The molecule has 170 valence electrons. The van der Waals surface area contributed by atoms with Crippen molar-refractivity contribution in [2.45, 2.75) is 33.7 Å². The summed E-state index contributed by atoms with van der Waals surface area (Å²) in [5.74, 6) is 0.386. The van der Waals surface area contributed by atoms with Crippen LogP contribution >= 0.6 is 0 Å². The molecule has 1 saturated heterocycles. The van der Waals surface area contributed by atoms with E-state index >= 15 is 0 Å². The van der Waals surface area contributed by atoms with Crippen LogP contribution in [0.25, 0.3) is 6.08 Å². The molecular formula is C23H33N3O5. The van der Waals surface area contributed by atoms with E-state index in [2.05, 4.69) is 19.2 Å². The Morgan fingerprint density at radius 1 is 1.03 bits per heavy atom. The minimum atomic E-state index is -0.607. The molecule has 8 heteroatoms. The number of methoxy groups -OCH3 is 1. The van der Waals surface area contributed by atoms with Crippen LogP contribution in [-0.2, 0) is 14.4 Å². The summed E-state index contributed by atoms with van der Waals surface area (Å²) >= 11 is 0. The number of ether oxygens (including phenoxy) is 2. The van der Waals surface area contributed by atoms with Gasteiger partial charge < -0.3 is 24.6 Å². The highest BCUT2D eigenvalue weighted by atomic mass is 16.5. The number of hydrogen-bond donors (Lipinski definition) is 1. The molecule has 0 atom stereocenters. The zero-order valence-corrected chi connectivity index (χ0v) is 19.0. The Hall–Kier alpha value is -3.03. The van der Waals surface area contributed by atoms with E-state index in [4.69, 9.17) is 9.47 Å². The van der Waals surface area contributed by atoms with Crippen molar-refractivity contribution in [3.63, 3.8) is 0 Å². The molecular weight excluding hydrogens is 398 g/mol. The lowest BCUT2D eigenvalue weighted by Gasteiger charge is -2.33. The molecule has 2 rings (SSSR count). The third kappa shape index (κ3) is 7.31. The van der Waals surface area contributed by atoms with E-state index in [-0.39, 0.29) is 11.9 Å². The van der Waals surface area contributed by atoms with Crippen LogP contribution in [0.5, 0.6) is 11.5 Å². The maximum Gasteiger partial charge on any atom is 0.312 e. The van der Waals surface area contributed by atoms with Crippen LogP contribution in [0.3, 0.4) is 0 Å². The van der Waals surface area contributed by atoms with Gasteiger partial charge >= 0.3 is 11.8 Å². The van der Waals surface area contributed by atoms with Crippen molar-refractivity contribution in [2.75, 3.05) is 39.9 Å². The zero-order valence-electron chi connectivity index (χ0n) is 19.0. The lowest BCUT2D eigenvalue weighted by molar-refractivity contribution is -0.148. The monoisotopic (exact) mass is 431 g/mol. The SMILES string of the molecule is COc1cc(C=CC(=O)N2CCN(C(=O)C(=O)NC(C)C)CC2)ccc1OCC(C)C. The summed E-state index contributed by atoms with van der Waals surface area (Å²) in [5, 5.41) is 2.60. The molecule has 0 saturated carbocycles. The van der Waals surface area contributed by atoms with Crippen molar-refractivity contribution < 1.29 is 23.9 Å². The Morgan fingerprint density at radius 2 is 1.68 bits per heavy atom. The van der Waals surface area contributed by atoms with Crippen molar-refractivity contribution in [1.29, 1.82) is 0 Å². The number of carbonyl (C=O) groups is 3. The molecule has 1 aliphatic heterocycles. The Labute approximate surface area is 184 Å². The maximum atomic E-state index is 12.5. The molecule has 1 aromatic rings. The molecule has 1 aromatic carbocycles. The van der Waals surface area contributed by atoms with Crippen LogP contribution in [0.4, 0.5) is 0 Å². The van der Waals surface area contributed by atoms with Crippen molar-refractivity contribution >= 4 is 23.8 Å². The molecule has 31 heavy (non-hydrogen) atoms. The van der Waals surface area contributed by atoms with Crippen molar-refractivity contribution in [1.82, 2.24) is 15.1 Å². The van der Waals surface area contributed by atoms with Crippen LogP contribution < -0.4 is 14.8 Å². The largest absolute Gasteiger partial charge is 0.493 e. The highest BCUT2D eigenvalue weighted by molar-refractivity contribution is 6.35. The van der Waals surface area contributed by atoms with Gasteiger partial charge in [0.15, 0.2) is 11.5 Å². The van der Waals surface area contributed by atoms with Gasteiger partial charge in [-0.3, -0.25) is 14.4 Å². The van der Waals surface area contributed by atoms with E-state index in [0.29, 0.717) is 50.2 Å².